The molecule has 1 heterocycles. The molecular formula is C7H10N2O4. The fraction of sp³-hybridized carbons (Fsp3) is 0.571. The van der Waals surface area contributed by atoms with Crippen LogP contribution in [0.2, 0.25) is 0 Å². The zero-order chi connectivity index (χ0) is 9.84. The minimum Gasteiger partial charge on any atom is -0.480 e. The van der Waals surface area contributed by atoms with Gasteiger partial charge in [0, 0.05) is 6.54 Å². The molecule has 72 valence electrons. The molecule has 2 N–H and O–H groups in total. The van der Waals surface area contributed by atoms with Crippen LogP contribution >= 0.6 is 0 Å². The van der Waals surface area contributed by atoms with Crippen molar-refractivity contribution in [1.29, 1.82) is 0 Å². The lowest BCUT2D eigenvalue weighted by Crippen LogP contribution is -2.45. The fourth-order valence-corrected chi connectivity index (χ4v) is 1.40. The molecule has 0 saturated carbocycles. The fourth-order valence-electron chi connectivity index (χ4n) is 1.40. The zero-order valence-electron chi connectivity index (χ0n) is 6.90. The highest BCUT2D eigenvalue weighted by Gasteiger charge is 2.33. The first-order chi connectivity index (χ1) is 6.16. The molecule has 1 aliphatic heterocycles. The summed E-state index contributed by atoms with van der Waals surface area (Å²) in [7, 11) is 0. The Bertz CT molecular complexity index is 241. The molecule has 1 atom stereocenters. The van der Waals surface area contributed by atoms with Crippen LogP contribution in [0.1, 0.15) is 12.8 Å². The number of urea groups is 1. The SMILES string of the molecule is O=CNC(=O)N1CCC[C@H]1C(=O)O. The van der Waals surface area contributed by atoms with Crippen molar-refractivity contribution in [3.63, 3.8) is 0 Å². The first-order valence-corrected chi connectivity index (χ1v) is 3.90. The molecule has 0 spiro atoms. The Morgan fingerprint density at radius 1 is 1.54 bits per heavy atom. The van der Waals surface area contributed by atoms with Gasteiger partial charge in [0.15, 0.2) is 0 Å². The van der Waals surface area contributed by atoms with E-state index in [1.165, 1.54) is 0 Å². The van der Waals surface area contributed by atoms with Gasteiger partial charge in [0.25, 0.3) is 0 Å². The lowest BCUT2D eigenvalue weighted by molar-refractivity contribution is -0.141. The molecule has 1 rings (SSSR count). The summed E-state index contributed by atoms with van der Waals surface area (Å²) in [5.41, 5.74) is 0. The average molecular weight is 186 g/mol. The highest BCUT2D eigenvalue weighted by molar-refractivity contribution is 5.88. The molecule has 0 radical (unpaired) electrons. The molecule has 1 saturated heterocycles. The van der Waals surface area contributed by atoms with Crippen LogP contribution in [0.25, 0.3) is 0 Å². The molecule has 6 nitrogen and oxygen atoms in total. The van der Waals surface area contributed by atoms with Gasteiger partial charge in [0.05, 0.1) is 0 Å². The molecule has 0 bridgehead atoms. The van der Waals surface area contributed by atoms with E-state index < -0.39 is 18.0 Å². The number of nitrogens with zero attached hydrogens (tertiary/aromatic N) is 1. The standard InChI is InChI=1S/C7H10N2O4/c10-4-8-7(13)9-3-1-2-5(9)6(11)12/h4-5H,1-3H2,(H,11,12)(H,8,10,13)/t5-/m0/s1. The second-order valence-corrected chi connectivity index (χ2v) is 2.76. The first kappa shape index (κ1) is 9.50. The number of carboxylic acids is 1. The van der Waals surface area contributed by atoms with Gasteiger partial charge in [0.2, 0.25) is 6.41 Å². The number of carbonyl (C=O) groups is 3. The molecule has 0 aromatic carbocycles. The van der Waals surface area contributed by atoms with Gasteiger partial charge in [0.1, 0.15) is 6.04 Å². The van der Waals surface area contributed by atoms with E-state index in [0.717, 1.165) is 4.90 Å². The lowest BCUT2D eigenvalue weighted by atomic mass is 10.2. The third kappa shape index (κ3) is 1.95. The number of aliphatic carboxylic acids is 1. The highest BCUT2D eigenvalue weighted by atomic mass is 16.4. The summed E-state index contributed by atoms with van der Waals surface area (Å²) in [6.07, 6.45) is 1.35. The Kier molecular flexibility index (Phi) is 2.84. The molecule has 0 aromatic heterocycles. The molecule has 6 heteroatoms. The maximum Gasteiger partial charge on any atom is 0.326 e. The Morgan fingerprint density at radius 3 is 2.77 bits per heavy atom. The number of likely N-dealkylation sites (tertiary alicyclic amines) is 1. The molecule has 1 aliphatic rings. The lowest BCUT2D eigenvalue weighted by Gasteiger charge is -2.19. The van der Waals surface area contributed by atoms with Crippen molar-refractivity contribution in [2.45, 2.75) is 18.9 Å². The van der Waals surface area contributed by atoms with Crippen LogP contribution in [0.15, 0.2) is 0 Å². The summed E-state index contributed by atoms with van der Waals surface area (Å²) in [6.45, 7) is 0.386. The molecular weight excluding hydrogens is 176 g/mol. The minimum atomic E-state index is -1.03. The van der Waals surface area contributed by atoms with Crippen LogP contribution < -0.4 is 5.32 Å². The van der Waals surface area contributed by atoms with E-state index in [1.807, 2.05) is 5.32 Å². The van der Waals surface area contributed by atoms with Crippen LogP contribution in [0, 0.1) is 0 Å². The van der Waals surface area contributed by atoms with Crippen molar-refractivity contribution in [1.82, 2.24) is 10.2 Å². The topological polar surface area (TPSA) is 86.7 Å². The zero-order valence-corrected chi connectivity index (χ0v) is 6.90. The van der Waals surface area contributed by atoms with E-state index in [9.17, 15) is 14.4 Å². The largest absolute Gasteiger partial charge is 0.480 e. The summed E-state index contributed by atoms with van der Waals surface area (Å²) < 4.78 is 0. The number of nitrogens with one attached hydrogen (secondary N) is 1. The van der Waals surface area contributed by atoms with Crippen LogP contribution in [-0.2, 0) is 9.59 Å². The van der Waals surface area contributed by atoms with Crippen LogP contribution in [0.5, 0.6) is 0 Å². The molecule has 1 fully saturated rings. The highest BCUT2D eigenvalue weighted by Crippen LogP contribution is 2.16. The van der Waals surface area contributed by atoms with Crippen molar-refractivity contribution in [2.75, 3.05) is 6.54 Å². The van der Waals surface area contributed by atoms with Crippen molar-refractivity contribution < 1.29 is 19.5 Å². The molecule has 13 heavy (non-hydrogen) atoms. The second kappa shape index (κ2) is 3.88. The number of carbonyl (C=O) groups excluding carboxylic acids is 2. The van der Waals surface area contributed by atoms with E-state index in [0.29, 0.717) is 19.4 Å². The van der Waals surface area contributed by atoms with Gasteiger partial charge < -0.3 is 10.0 Å². The van der Waals surface area contributed by atoms with E-state index in [-0.39, 0.29) is 6.41 Å². The number of hydrogen-bond donors (Lipinski definition) is 2. The molecule has 0 aliphatic carbocycles. The third-order valence-corrected chi connectivity index (χ3v) is 1.98. The van der Waals surface area contributed by atoms with Gasteiger partial charge in [-0.05, 0) is 12.8 Å². The van der Waals surface area contributed by atoms with E-state index in [1.54, 1.807) is 0 Å². The smallest absolute Gasteiger partial charge is 0.326 e. The number of imide groups is 1. The van der Waals surface area contributed by atoms with Crippen molar-refractivity contribution in [3.05, 3.63) is 0 Å². The Hall–Kier alpha value is -1.59. The normalized spacial score (nSPS) is 21.2. The summed E-state index contributed by atoms with van der Waals surface area (Å²) >= 11 is 0. The monoisotopic (exact) mass is 186 g/mol. The van der Waals surface area contributed by atoms with Gasteiger partial charge in [-0.25, -0.2) is 9.59 Å². The Morgan fingerprint density at radius 2 is 2.23 bits per heavy atom. The number of rotatable bonds is 2. The van der Waals surface area contributed by atoms with Crippen molar-refractivity contribution >= 4 is 18.4 Å². The predicted octanol–water partition coefficient (Wildman–Crippen LogP) is -0.599. The quantitative estimate of drug-likeness (QED) is 0.564. The van der Waals surface area contributed by atoms with Gasteiger partial charge in [-0.2, -0.15) is 0 Å². The molecule has 0 unspecified atom stereocenters. The Labute approximate surface area is 74.5 Å². The maximum absolute atomic E-state index is 11.1. The number of carboxylic acid groups (broad SMARTS) is 1. The Balaban J connectivity index is 2.62. The predicted molar refractivity (Wildman–Crippen MR) is 42.0 cm³/mol. The van der Waals surface area contributed by atoms with Gasteiger partial charge in [-0.3, -0.25) is 10.1 Å². The van der Waals surface area contributed by atoms with Crippen molar-refractivity contribution in [2.24, 2.45) is 0 Å². The van der Waals surface area contributed by atoms with Crippen molar-refractivity contribution in [3.8, 4) is 0 Å². The molecule has 0 aromatic rings. The third-order valence-electron chi connectivity index (χ3n) is 1.98. The number of hydrogen-bond acceptors (Lipinski definition) is 3. The van der Waals surface area contributed by atoms with Gasteiger partial charge in [-0.15, -0.1) is 0 Å². The minimum absolute atomic E-state index is 0.250. The van der Waals surface area contributed by atoms with E-state index in [2.05, 4.69) is 0 Å². The summed E-state index contributed by atoms with van der Waals surface area (Å²) in [6, 6.07) is -1.43. The van der Waals surface area contributed by atoms with Gasteiger partial charge >= 0.3 is 12.0 Å². The summed E-state index contributed by atoms with van der Waals surface area (Å²) in [5.74, 6) is -1.03. The van der Waals surface area contributed by atoms with E-state index >= 15 is 0 Å². The van der Waals surface area contributed by atoms with Crippen LogP contribution in [-0.4, -0.2) is 41.0 Å². The second-order valence-electron chi connectivity index (χ2n) is 2.76. The van der Waals surface area contributed by atoms with Crippen LogP contribution in [0.3, 0.4) is 0 Å². The summed E-state index contributed by atoms with van der Waals surface area (Å²) in [4.78, 5) is 32.8. The summed E-state index contributed by atoms with van der Waals surface area (Å²) in [5, 5.41) is 10.6. The first-order valence-electron chi connectivity index (χ1n) is 3.90. The number of amides is 3. The average Bonchev–Trinajstić information content (AvgIpc) is 2.52. The van der Waals surface area contributed by atoms with E-state index in [4.69, 9.17) is 5.11 Å². The van der Waals surface area contributed by atoms with Crippen LogP contribution in [0.4, 0.5) is 4.79 Å². The maximum atomic E-state index is 11.1. The van der Waals surface area contributed by atoms with Gasteiger partial charge in [-0.1, -0.05) is 0 Å². The molecule has 3 amide bonds.